The molecule has 2 amide bonds. The lowest BCUT2D eigenvalue weighted by Crippen LogP contribution is -2.32. The standard InChI is InChI=1S/C26H25N3O4S/c1-32-22-14-8-18(16-23(22)33-2)9-15-24(30)29-26(34)28-21-12-10-20(11-13-21)25(31)27-17-19-6-4-3-5-7-19/h3-16H,17H2,1-2H3,(H,27,31)(H2,28,29,30,34)/b15-9+. The van der Waals surface area contributed by atoms with Crippen LogP contribution in [0.1, 0.15) is 21.5 Å². The molecule has 3 rings (SSSR count). The summed E-state index contributed by atoms with van der Waals surface area (Å²) < 4.78 is 10.5. The van der Waals surface area contributed by atoms with Gasteiger partial charge in [0.25, 0.3) is 5.91 Å². The minimum atomic E-state index is -0.385. The van der Waals surface area contributed by atoms with Crippen LogP contribution in [-0.2, 0) is 11.3 Å². The predicted molar refractivity (Wildman–Crippen MR) is 137 cm³/mol. The zero-order chi connectivity index (χ0) is 24.3. The molecule has 0 radical (unpaired) electrons. The number of carbonyl (C=O) groups excluding carboxylic acids is 2. The predicted octanol–water partition coefficient (Wildman–Crippen LogP) is 4.16. The maximum Gasteiger partial charge on any atom is 0.251 e. The van der Waals surface area contributed by atoms with Crippen molar-refractivity contribution in [2.45, 2.75) is 6.54 Å². The first kappa shape index (κ1) is 24.5. The Kier molecular flexibility index (Phi) is 8.76. The molecule has 3 aromatic carbocycles. The molecule has 0 saturated heterocycles. The highest BCUT2D eigenvalue weighted by molar-refractivity contribution is 7.80. The zero-order valence-corrected chi connectivity index (χ0v) is 19.6. The molecule has 0 unspecified atom stereocenters. The van der Waals surface area contributed by atoms with Crippen LogP contribution in [0.3, 0.4) is 0 Å². The van der Waals surface area contributed by atoms with Crippen molar-refractivity contribution in [3.63, 3.8) is 0 Å². The smallest absolute Gasteiger partial charge is 0.251 e. The molecule has 0 aliphatic heterocycles. The Labute approximate surface area is 203 Å². The first-order chi connectivity index (χ1) is 16.5. The quantitative estimate of drug-likeness (QED) is 0.335. The molecule has 0 aliphatic carbocycles. The molecule has 0 aromatic heterocycles. The van der Waals surface area contributed by atoms with E-state index in [1.165, 1.54) is 6.08 Å². The fourth-order valence-corrected chi connectivity index (χ4v) is 3.25. The molecular weight excluding hydrogens is 450 g/mol. The second-order valence-corrected chi connectivity index (χ2v) is 7.55. The summed E-state index contributed by atoms with van der Waals surface area (Å²) in [6.45, 7) is 0.451. The number of amides is 2. The Morgan fingerprint density at radius 1 is 0.912 bits per heavy atom. The van der Waals surface area contributed by atoms with Crippen LogP contribution in [0.25, 0.3) is 6.08 Å². The molecule has 3 N–H and O–H groups in total. The van der Waals surface area contributed by atoms with Crippen molar-refractivity contribution in [2.24, 2.45) is 0 Å². The number of anilines is 1. The Balaban J connectivity index is 1.49. The molecule has 174 valence electrons. The number of nitrogens with one attached hydrogen (secondary N) is 3. The molecule has 0 spiro atoms. The molecule has 0 heterocycles. The third kappa shape index (κ3) is 7.18. The Bertz CT molecular complexity index is 1180. The summed E-state index contributed by atoms with van der Waals surface area (Å²) in [4.78, 5) is 24.5. The van der Waals surface area contributed by atoms with Gasteiger partial charge in [-0.25, -0.2) is 0 Å². The summed E-state index contributed by atoms with van der Waals surface area (Å²) in [5.74, 6) is 0.615. The zero-order valence-electron chi connectivity index (χ0n) is 18.8. The number of rotatable bonds is 8. The van der Waals surface area contributed by atoms with E-state index in [0.29, 0.717) is 29.3 Å². The SMILES string of the molecule is COc1ccc(/C=C/C(=O)NC(=S)Nc2ccc(C(=O)NCc3ccccc3)cc2)cc1OC. The Morgan fingerprint density at radius 3 is 2.29 bits per heavy atom. The highest BCUT2D eigenvalue weighted by Gasteiger charge is 2.07. The van der Waals surface area contributed by atoms with E-state index >= 15 is 0 Å². The number of carbonyl (C=O) groups is 2. The van der Waals surface area contributed by atoms with Crippen LogP contribution in [0, 0.1) is 0 Å². The molecule has 0 saturated carbocycles. The van der Waals surface area contributed by atoms with Gasteiger partial charge in [-0.1, -0.05) is 36.4 Å². The van der Waals surface area contributed by atoms with Gasteiger partial charge in [0.15, 0.2) is 16.6 Å². The highest BCUT2D eigenvalue weighted by Crippen LogP contribution is 2.27. The van der Waals surface area contributed by atoms with E-state index in [-0.39, 0.29) is 16.9 Å². The van der Waals surface area contributed by atoms with Crippen molar-refractivity contribution in [3.05, 3.63) is 95.6 Å². The van der Waals surface area contributed by atoms with Crippen LogP contribution >= 0.6 is 12.2 Å². The molecule has 7 nitrogen and oxygen atoms in total. The summed E-state index contributed by atoms with van der Waals surface area (Å²) in [5, 5.41) is 8.53. The number of thiocarbonyl (C=S) groups is 1. The first-order valence-corrected chi connectivity index (χ1v) is 10.8. The van der Waals surface area contributed by atoms with Crippen molar-refractivity contribution in [1.82, 2.24) is 10.6 Å². The Morgan fingerprint density at radius 2 is 1.62 bits per heavy atom. The molecule has 0 aliphatic rings. The summed E-state index contributed by atoms with van der Waals surface area (Å²) in [6, 6.07) is 21.8. The third-order valence-corrected chi connectivity index (χ3v) is 4.98. The number of ether oxygens (including phenoxy) is 2. The van der Waals surface area contributed by atoms with Gasteiger partial charge in [0.1, 0.15) is 0 Å². The minimum absolute atomic E-state index is 0.142. The maximum absolute atomic E-state index is 12.3. The monoisotopic (exact) mass is 475 g/mol. The lowest BCUT2D eigenvalue weighted by molar-refractivity contribution is -0.115. The van der Waals surface area contributed by atoms with E-state index in [4.69, 9.17) is 21.7 Å². The number of benzene rings is 3. The molecular formula is C26H25N3O4S. The van der Waals surface area contributed by atoms with Gasteiger partial charge in [0, 0.05) is 23.9 Å². The number of hydrogen-bond donors (Lipinski definition) is 3. The summed E-state index contributed by atoms with van der Waals surface area (Å²) >= 11 is 5.20. The van der Waals surface area contributed by atoms with Gasteiger partial charge >= 0.3 is 0 Å². The number of methoxy groups -OCH3 is 2. The summed E-state index contributed by atoms with van der Waals surface area (Å²) in [5.41, 5.74) is 2.96. The van der Waals surface area contributed by atoms with Crippen molar-refractivity contribution in [1.29, 1.82) is 0 Å². The van der Waals surface area contributed by atoms with E-state index in [2.05, 4.69) is 16.0 Å². The molecule has 8 heteroatoms. The molecule has 0 fully saturated rings. The van der Waals surface area contributed by atoms with Crippen LogP contribution < -0.4 is 25.4 Å². The van der Waals surface area contributed by atoms with Gasteiger partial charge in [-0.05, 0) is 65.8 Å². The minimum Gasteiger partial charge on any atom is -0.493 e. The largest absolute Gasteiger partial charge is 0.493 e. The lowest BCUT2D eigenvalue weighted by atomic mass is 10.2. The summed E-state index contributed by atoms with van der Waals surface area (Å²) in [6.07, 6.45) is 3.01. The normalized spacial score (nSPS) is 10.4. The maximum atomic E-state index is 12.3. The summed E-state index contributed by atoms with van der Waals surface area (Å²) in [7, 11) is 3.11. The molecule has 0 bridgehead atoms. The van der Waals surface area contributed by atoms with E-state index in [1.54, 1.807) is 62.8 Å². The second-order valence-electron chi connectivity index (χ2n) is 7.14. The van der Waals surface area contributed by atoms with Gasteiger partial charge in [-0.2, -0.15) is 0 Å². The topological polar surface area (TPSA) is 88.7 Å². The molecule has 0 atom stereocenters. The molecule has 34 heavy (non-hydrogen) atoms. The van der Waals surface area contributed by atoms with E-state index < -0.39 is 0 Å². The van der Waals surface area contributed by atoms with Gasteiger partial charge in [-0.3, -0.25) is 14.9 Å². The van der Waals surface area contributed by atoms with Crippen LogP contribution in [-0.4, -0.2) is 31.1 Å². The van der Waals surface area contributed by atoms with E-state index in [0.717, 1.165) is 11.1 Å². The van der Waals surface area contributed by atoms with E-state index in [1.807, 2.05) is 30.3 Å². The van der Waals surface area contributed by atoms with Gasteiger partial charge in [0.2, 0.25) is 5.91 Å². The fourth-order valence-electron chi connectivity index (χ4n) is 3.03. The van der Waals surface area contributed by atoms with Gasteiger partial charge in [-0.15, -0.1) is 0 Å². The van der Waals surface area contributed by atoms with Crippen molar-refractivity contribution in [2.75, 3.05) is 19.5 Å². The number of hydrogen-bond acceptors (Lipinski definition) is 5. The highest BCUT2D eigenvalue weighted by atomic mass is 32.1. The average Bonchev–Trinajstić information content (AvgIpc) is 2.86. The van der Waals surface area contributed by atoms with Gasteiger partial charge < -0.3 is 20.1 Å². The van der Waals surface area contributed by atoms with Crippen molar-refractivity contribution >= 4 is 40.9 Å². The van der Waals surface area contributed by atoms with Gasteiger partial charge in [0.05, 0.1) is 14.2 Å². The first-order valence-electron chi connectivity index (χ1n) is 10.4. The second kappa shape index (κ2) is 12.2. The lowest BCUT2D eigenvalue weighted by Gasteiger charge is -2.10. The van der Waals surface area contributed by atoms with E-state index in [9.17, 15) is 9.59 Å². The van der Waals surface area contributed by atoms with Crippen molar-refractivity contribution < 1.29 is 19.1 Å². The average molecular weight is 476 g/mol. The van der Waals surface area contributed by atoms with Crippen LogP contribution in [0.15, 0.2) is 78.9 Å². The third-order valence-electron chi connectivity index (χ3n) is 4.77. The van der Waals surface area contributed by atoms with Crippen molar-refractivity contribution in [3.8, 4) is 11.5 Å². The van der Waals surface area contributed by atoms with Crippen LogP contribution in [0.5, 0.6) is 11.5 Å². The molecule has 3 aromatic rings. The fraction of sp³-hybridized carbons (Fsp3) is 0.115. The van der Waals surface area contributed by atoms with Crippen LogP contribution in [0.2, 0.25) is 0 Å². The Hall–Kier alpha value is -4.17. The van der Waals surface area contributed by atoms with Crippen LogP contribution in [0.4, 0.5) is 5.69 Å².